The van der Waals surface area contributed by atoms with E-state index in [9.17, 15) is 4.79 Å². The standard InChI is InChI=1S/C18H23NO3/c20-17(15-8-7-13-4-3-5-14(13)12-15)19-9-2-1-6-16(19)18-21-10-11-22-18/h7-8,12,16,18H,1-6,9-11H2/t16-/m0/s1. The maximum absolute atomic E-state index is 13.0. The molecule has 2 saturated heterocycles. The summed E-state index contributed by atoms with van der Waals surface area (Å²) in [6.45, 7) is 2.09. The first-order chi connectivity index (χ1) is 10.8. The number of carbonyl (C=O) groups is 1. The maximum atomic E-state index is 13.0. The van der Waals surface area contributed by atoms with E-state index in [1.807, 2.05) is 11.0 Å². The van der Waals surface area contributed by atoms with Crippen molar-refractivity contribution < 1.29 is 14.3 Å². The molecule has 1 aromatic carbocycles. The van der Waals surface area contributed by atoms with Crippen LogP contribution < -0.4 is 0 Å². The van der Waals surface area contributed by atoms with Crippen LogP contribution in [0.4, 0.5) is 0 Å². The molecule has 0 radical (unpaired) electrons. The minimum atomic E-state index is -0.237. The minimum Gasteiger partial charge on any atom is -0.348 e. The van der Waals surface area contributed by atoms with Crippen LogP contribution in [0.5, 0.6) is 0 Å². The fraction of sp³-hybridized carbons (Fsp3) is 0.611. The van der Waals surface area contributed by atoms with Crippen molar-refractivity contribution in [2.45, 2.75) is 50.9 Å². The van der Waals surface area contributed by atoms with Crippen molar-refractivity contribution in [2.75, 3.05) is 19.8 Å². The van der Waals surface area contributed by atoms with Crippen molar-refractivity contribution in [1.29, 1.82) is 0 Å². The van der Waals surface area contributed by atoms with Crippen LogP contribution in [-0.4, -0.2) is 42.9 Å². The van der Waals surface area contributed by atoms with Gasteiger partial charge in [0.1, 0.15) is 0 Å². The Kier molecular flexibility index (Phi) is 3.89. The highest BCUT2D eigenvalue weighted by Gasteiger charge is 2.36. The summed E-state index contributed by atoms with van der Waals surface area (Å²) in [5.74, 6) is 0.138. The summed E-state index contributed by atoms with van der Waals surface area (Å²) in [6.07, 6.45) is 6.42. The average molecular weight is 301 g/mol. The van der Waals surface area contributed by atoms with Crippen LogP contribution in [0.1, 0.15) is 47.2 Å². The highest BCUT2D eigenvalue weighted by atomic mass is 16.7. The lowest BCUT2D eigenvalue weighted by Gasteiger charge is -2.38. The zero-order valence-corrected chi connectivity index (χ0v) is 12.9. The largest absolute Gasteiger partial charge is 0.348 e. The first kappa shape index (κ1) is 14.2. The second-order valence-electron chi connectivity index (χ2n) is 6.51. The van der Waals surface area contributed by atoms with Gasteiger partial charge >= 0.3 is 0 Å². The van der Waals surface area contributed by atoms with Gasteiger partial charge in [-0.1, -0.05) is 6.07 Å². The first-order valence-electron chi connectivity index (χ1n) is 8.49. The number of carbonyl (C=O) groups excluding carboxylic acids is 1. The Morgan fingerprint density at radius 1 is 1.05 bits per heavy atom. The van der Waals surface area contributed by atoms with Gasteiger partial charge in [-0.3, -0.25) is 4.79 Å². The van der Waals surface area contributed by atoms with Crippen LogP contribution in [0.15, 0.2) is 18.2 Å². The lowest BCUT2D eigenvalue weighted by Crippen LogP contribution is -2.50. The number of aryl methyl sites for hydroxylation is 2. The van der Waals surface area contributed by atoms with Gasteiger partial charge < -0.3 is 14.4 Å². The van der Waals surface area contributed by atoms with Crippen molar-refractivity contribution >= 4 is 5.91 Å². The molecule has 0 bridgehead atoms. The number of hydrogen-bond acceptors (Lipinski definition) is 3. The second kappa shape index (κ2) is 6.01. The van der Waals surface area contributed by atoms with Crippen LogP contribution >= 0.6 is 0 Å². The molecule has 2 heterocycles. The Morgan fingerprint density at radius 3 is 2.73 bits per heavy atom. The Balaban J connectivity index is 1.57. The van der Waals surface area contributed by atoms with Crippen LogP contribution in [-0.2, 0) is 22.3 Å². The lowest BCUT2D eigenvalue weighted by molar-refractivity contribution is -0.100. The third kappa shape index (κ3) is 2.55. The van der Waals surface area contributed by atoms with Crippen LogP contribution in [0.3, 0.4) is 0 Å². The van der Waals surface area contributed by atoms with E-state index in [4.69, 9.17) is 9.47 Å². The van der Waals surface area contributed by atoms with Crippen LogP contribution in [0.2, 0.25) is 0 Å². The molecule has 2 aliphatic heterocycles. The van der Waals surface area contributed by atoms with E-state index >= 15 is 0 Å². The van der Waals surface area contributed by atoms with E-state index in [0.29, 0.717) is 13.2 Å². The highest BCUT2D eigenvalue weighted by molar-refractivity contribution is 5.94. The van der Waals surface area contributed by atoms with E-state index in [0.717, 1.165) is 44.2 Å². The molecule has 118 valence electrons. The van der Waals surface area contributed by atoms with E-state index in [2.05, 4.69) is 12.1 Å². The molecule has 1 aliphatic carbocycles. The van der Waals surface area contributed by atoms with Crippen molar-refractivity contribution in [2.24, 2.45) is 0 Å². The Labute approximate surface area is 131 Å². The predicted molar refractivity (Wildman–Crippen MR) is 82.8 cm³/mol. The molecule has 4 heteroatoms. The summed E-state index contributed by atoms with van der Waals surface area (Å²) in [7, 11) is 0. The molecule has 0 unspecified atom stereocenters. The molecule has 1 amide bonds. The van der Waals surface area contributed by atoms with Gasteiger partial charge in [-0.25, -0.2) is 0 Å². The summed E-state index contributed by atoms with van der Waals surface area (Å²) in [4.78, 5) is 15.0. The third-order valence-electron chi connectivity index (χ3n) is 5.12. The molecule has 0 aromatic heterocycles. The normalized spacial score (nSPS) is 25.5. The van der Waals surface area contributed by atoms with E-state index < -0.39 is 0 Å². The minimum absolute atomic E-state index is 0.0667. The molecule has 0 saturated carbocycles. The average Bonchev–Trinajstić information content (AvgIpc) is 3.24. The number of rotatable bonds is 2. The second-order valence-corrected chi connectivity index (χ2v) is 6.51. The van der Waals surface area contributed by atoms with Gasteiger partial charge in [-0.05, 0) is 61.8 Å². The smallest absolute Gasteiger partial charge is 0.254 e. The summed E-state index contributed by atoms with van der Waals surface area (Å²) in [5.41, 5.74) is 3.59. The molecule has 22 heavy (non-hydrogen) atoms. The molecule has 4 rings (SSSR count). The summed E-state index contributed by atoms with van der Waals surface area (Å²) < 4.78 is 11.3. The number of benzene rings is 1. The number of fused-ring (bicyclic) bond motifs is 1. The number of piperidine rings is 1. The zero-order valence-electron chi connectivity index (χ0n) is 12.9. The summed E-state index contributed by atoms with van der Waals surface area (Å²) >= 11 is 0. The number of ether oxygens (including phenoxy) is 2. The molecule has 1 aromatic rings. The van der Waals surface area contributed by atoms with Gasteiger partial charge in [-0.15, -0.1) is 0 Å². The van der Waals surface area contributed by atoms with E-state index in [1.54, 1.807) is 0 Å². The molecular weight excluding hydrogens is 278 g/mol. The monoisotopic (exact) mass is 301 g/mol. The van der Waals surface area contributed by atoms with Gasteiger partial charge in [0.05, 0.1) is 19.3 Å². The highest BCUT2D eigenvalue weighted by Crippen LogP contribution is 2.28. The van der Waals surface area contributed by atoms with E-state index in [-0.39, 0.29) is 18.2 Å². The number of hydrogen-bond donors (Lipinski definition) is 0. The number of amides is 1. The van der Waals surface area contributed by atoms with Crippen molar-refractivity contribution in [3.8, 4) is 0 Å². The Morgan fingerprint density at radius 2 is 1.86 bits per heavy atom. The molecular formula is C18H23NO3. The van der Waals surface area contributed by atoms with Gasteiger partial charge in [-0.2, -0.15) is 0 Å². The summed E-state index contributed by atoms with van der Waals surface area (Å²) in [6, 6.07) is 6.30. The van der Waals surface area contributed by atoms with Gasteiger partial charge in [0, 0.05) is 12.1 Å². The quantitative estimate of drug-likeness (QED) is 0.842. The fourth-order valence-corrected chi connectivity index (χ4v) is 3.96. The lowest BCUT2D eigenvalue weighted by atomic mass is 9.99. The molecule has 2 fully saturated rings. The van der Waals surface area contributed by atoms with Gasteiger partial charge in [0.2, 0.25) is 0 Å². The Hall–Kier alpha value is -1.39. The SMILES string of the molecule is O=C(c1ccc2c(c1)CCC2)N1CCCC[C@H]1C1OCCO1. The fourth-order valence-electron chi connectivity index (χ4n) is 3.96. The van der Waals surface area contributed by atoms with Crippen LogP contribution in [0.25, 0.3) is 0 Å². The number of likely N-dealkylation sites (tertiary alicyclic amines) is 1. The molecule has 3 aliphatic rings. The molecule has 0 spiro atoms. The summed E-state index contributed by atoms with van der Waals surface area (Å²) in [5, 5.41) is 0. The van der Waals surface area contributed by atoms with E-state index in [1.165, 1.54) is 17.5 Å². The topological polar surface area (TPSA) is 38.8 Å². The van der Waals surface area contributed by atoms with Crippen LogP contribution in [0, 0.1) is 0 Å². The van der Waals surface area contributed by atoms with Gasteiger partial charge in [0.25, 0.3) is 5.91 Å². The third-order valence-corrected chi connectivity index (χ3v) is 5.12. The number of nitrogens with zero attached hydrogens (tertiary/aromatic N) is 1. The van der Waals surface area contributed by atoms with Gasteiger partial charge in [0.15, 0.2) is 6.29 Å². The van der Waals surface area contributed by atoms with Crippen molar-refractivity contribution in [3.05, 3.63) is 34.9 Å². The zero-order chi connectivity index (χ0) is 14.9. The molecule has 1 atom stereocenters. The first-order valence-corrected chi connectivity index (χ1v) is 8.49. The predicted octanol–water partition coefficient (Wildman–Crippen LogP) is 2.54. The Bertz CT molecular complexity index is 565. The molecule has 4 nitrogen and oxygen atoms in total. The molecule has 0 N–H and O–H groups in total. The maximum Gasteiger partial charge on any atom is 0.254 e. The van der Waals surface area contributed by atoms with Crippen molar-refractivity contribution in [1.82, 2.24) is 4.90 Å². The van der Waals surface area contributed by atoms with Crippen molar-refractivity contribution in [3.63, 3.8) is 0 Å².